The highest BCUT2D eigenvalue weighted by Gasteiger charge is 2.22. The van der Waals surface area contributed by atoms with Crippen molar-refractivity contribution in [1.29, 1.82) is 0 Å². The van der Waals surface area contributed by atoms with Crippen LogP contribution >= 0.6 is 11.3 Å². The number of carbonyl (C=O) groups excluding carboxylic acids is 1. The van der Waals surface area contributed by atoms with Gasteiger partial charge in [0, 0.05) is 12.1 Å². The predicted octanol–water partition coefficient (Wildman–Crippen LogP) is 2.07. The van der Waals surface area contributed by atoms with Crippen molar-refractivity contribution in [3.05, 3.63) is 47.3 Å². The van der Waals surface area contributed by atoms with Crippen LogP contribution in [0.4, 0.5) is 5.69 Å². The number of rotatable bonds is 8. The Hall–Kier alpha value is -2.23. The highest BCUT2D eigenvalue weighted by Crippen LogP contribution is 2.16. The number of thiophene rings is 1. The quantitative estimate of drug-likeness (QED) is 0.647. The maximum Gasteiger partial charge on any atom is 0.303 e. The van der Waals surface area contributed by atoms with Crippen LogP contribution in [0.2, 0.25) is 0 Å². The minimum atomic E-state index is -3.74. The van der Waals surface area contributed by atoms with Gasteiger partial charge in [0.15, 0.2) is 0 Å². The Balaban J connectivity index is 1.99. The minimum Gasteiger partial charge on any atom is -0.481 e. The molecule has 0 saturated heterocycles. The molecule has 7 nitrogen and oxygen atoms in total. The van der Waals surface area contributed by atoms with E-state index in [9.17, 15) is 18.0 Å². The molecule has 0 fully saturated rings. The van der Waals surface area contributed by atoms with E-state index in [1.807, 2.05) is 0 Å². The van der Waals surface area contributed by atoms with Gasteiger partial charge in [-0.2, -0.15) is 4.72 Å². The van der Waals surface area contributed by atoms with E-state index in [0.29, 0.717) is 12.1 Å². The van der Waals surface area contributed by atoms with Crippen molar-refractivity contribution < 1.29 is 23.1 Å². The molecule has 9 heteroatoms. The summed E-state index contributed by atoms with van der Waals surface area (Å²) < 4.78 is 26.7. The van der Waals surface area contributed by atoms with Gasteiger partial charge in [0.25, 0.3) is 10.0 Å². The molecule has 1 heterocycles. The molecule has 0 bridgehead atoms. The molecule has 0 aliphatic carbocycles. The Morgan fingerprint density at radius 3 is 2.64 bits per heavy atom. The number of aliphatic carboxylic acids is 1. The third-order valence-corrected chi connectivity index (χ3v) is 6.25. The molecular weight excluding hydrogens is 364 g/mol. The summed E-state index contributed by atoms with van der Waals surface area (Å²) >= 11 is 1.07. The SMILES string of the molecule is CC(NS(=O)(=O)c1cccs1)C(=O)Nc1cccc(CCC(=O)O)c1. The largest absolute Gasteiger partial charge is 0.481 e. The maximum absolute atomic E-state index is 12.2. The molecule has 25 heavy (non-hydrogen) atoms. The molecule has 1 aromatic carbocycles. The Morgan fingerprint density at radius 1 is 1.24 bits per heavy atom. The van der Waals surface area contributed by atoms with Crippen LogP contribution in [0.1, 0.15) is 18.9 Å². The zero-order chi connectivity index (χ0) is 18.4. The summed E-state index contributed by atoms with van der Waals surface area (Å²) in [5.74, 6) is -1.40. The van der Waals surface area contributed by atoms with Crippen LogP contribution in [-0.2, 0) is 26.0 Å². The average Bonchev–Trinajstić information content (AvgIpc) is 3.08. The number of carboxylic acids is 1. The van der Waals surface area contributed by atoms with Gasteiger partial charge in [0.1, 0.15) is 4.21 Å². The molecule has 1 atom stereocenters. The van der Waals surface area contributed by atoms with E-state index in [4.69, 9.17) is 5.11 Å². The van der Waals surface area contributed by atoms with Crippen LogP contribution in [0.3, 0.4) is 0 Å². The second-order valence-electron chi connectivity index (χ2n) is 5.36. The van der Waals surface area contributed by atoms with Crippen molar-refractivity contribution >= 4 is 38.9 Å². The molecular formula is C16H18N2O5S2. The number of carbonyl (C=O) groups is 2. The number of benzene rings is 1. The lowest BCUT2D eigenvalue weighted by Crippen LogP contribution is -2.41. The average molecular weight is 382 g/mol. The van der Waals surface area contributed by atoms with E-state index < -0.39 is 27.9 Å². The Bertz CT molecular complexity index is 847. The van der Waals surface area contributed by atoms with Gasteiger partial charge in [-0.3, -0.25) is 9.59 Å². The van der Waals surface area contributed by atoms with Crippen LogP contribution in [0.15, 0.2) is 46.0 Å². The molecule has 2 rings (SSSR count). The number of aryl methyl sites for hydroxylation is 1. The highest BCUT2D eigenvalue weighted by atomic mass is 32.2. The smallest absolute Gasteiger partial charge is 0.303 e. The first kappa shape index (κ1) is 19.1. The van der Waals surface area contributed by atoms with E-state index in [2.05, 4.69) is 10.0 Å². The molecule has 0 spiro atoms. The summed E-state index contributed by atoms with van der Waals surface area (Å²) in [6.07, 6.45) is 0.341. The number of hydrogen-bond donors (Lipinski definition) is 3. The lowest BCUT2D eigenvalue weighted by molar-refractivity contribution is -0.137. The van der Waals surface area contributed by atoms with Crippen molar-refractivity contribution in [3.63, 3.8) is 0 Å². The van der Waals surface area contributed by atoms with Gasteiger partial charge < -0.3 is 10.4 Å². The summed E-state index contributed by atoms with van der Waals surface area (Å²) in [7, 11) is -3.74. The summed E-state index contributed by atoms with van der Waals surface area (Å²) in [6.45, 7) is 1.45. The fourth-order valence-corrected chi connectivity index (χ4v) is 4.28. The molecule has 0 radical (unpaired) electrons. The highest BCUT2D eigenvalue weighted by molar-refractivity contribution is 7.91. The summed E-state index contributed by atoms with van der Waals surface area (Å²) in [5, 5.41) is 13.0. The van der Waals surface area contributed by atoms with Crippen LogP contribution in [0, 0.1) is 0 Å². The summed E-state index contributed by atoms with van der Waals surface area (Å²) in [5.41, 5.74) is 1.25. The van der Waals surface area contributed by atoms with Gasteiger partial charge in [0.2, 0.25) is 5.91 Å². The fourth-order valence-electron chi connectivity index (χ4n) is 2.07. The first-order chi connectivity index (χ1) is 11.8. The molecule has 0 aliphatic rings. The van der Waals surface area contributed by atoms with Gasteiger partial charge in [-0.05, 0) is 42.5 Å². The maximum atomic E-state index is 12.2. The van der Waals surface area contributed by atoms with E-state index in [1.54, 1.807) is 35.7 Å². The van der Waals surface area contributed by atoms with Crippen molar-refractivity contribution in [2.75, 3.05) is 5.32 Å². The molecule has 1 unspecified atom stereocenters. The molecule has 0 aliphatic heterocycles. The lowest BCUT2D eigenvalue weighted by atomic mass is 10.1. The van der Waals surface area contributed by atoms with Gasteiger partial charge in [-0.25, -0.2) is 8.42 Å². The van der Waals surface area contributed by atoms with Crippen LogP contribution < -0.4 is 10.0 Å². The summed E-state index contributed by atoms with van der Waals surface area (Å²) in [4.78, 5) is 22.8. The number of carboxylic acid groups (broad SMARTS) is 1. The molecule has 3 N–H and O–H groups in total. The third kappa shape index (κ3) is 5.66. The Morgan fingerprint density at radius 2 is 2.00 bits per heavy atom. The first-order valence-corrected chi connectivity index (χ1v) is 9.81. The van der Waals surface area contributed by atoms with Crippen LogP contribution in [0.5, 0.6) is 0 Å². The third-order valence-electron chi connectivity index (χ3n) is 3.31. The Kier molecular flexibility index (Phi) is 6.29. The van der Waals surface area contributed by atoms with Crippen LogP contribution in [0.25, 0.3) is 0 Å². The van der Waals surface area contributed by atoms with E-state index in [-0.39, 0.29) is 10.6 Å². The summed E-state index contributed by atoms with van der Waals surface area (Å²) in [6, 6.07) is 8.91. The standard InChI is InChI=1S/C16H18N2O5S2/c1-11(18-25(22,23)15-6-3-9-24-15)16(21)17-13-5-2-4-12(10-13)7-8-14(19)20/h2-6,9-11,18H,7-8H2,1H3,(H,17,21)(H,19,20). The number of sulfonamides is 1. The number of nitrogens with one attached hydrogen (secondary N) is 2. The van der Waals surface area contributed by atoms with Crippen molar-refractivity contribution in [3.8, 4) is 0 Å². The first-order valence-electron chi connectivity index (χ1n) is 7.45. The van der Waals surface area contributed by atoms with Crippen molar-refractivity contribution in [1.82, 2.24) is 4.72 Å². The normalized spacial score (nSPS) is 12.5. The molecule has 0 saturated carbocycles. The molecule has 1 aromatic heterocycles. The Labute approximate surface area is 149 Å². The second-order valence-corrected chi connectivity index (χ2v) is 8.25. The second kappa shape index (κ2) is 8.24. The van der Waals surface area contributed by atoms with E-state index in [1.165, 1.54) is 13.0 Å². The van der Waals surface area contributed by atoms with Gasteiger partial charge in [-0.15, -0.1) is 11.3 Å². The monoisotopic (exact) mass is 382 g/mol. The zero-order valence-electron chi connectivity index (χ0n) is 13.4. The fraction of sp³-hybridized carbons (Fsp3) is 0.250. The molecule has 1 amide bonds. The van der Waals surface area contributed by atoms with Gasteiger partial charge in [-0.1, -0.05) is 18.2 Å². The van der Waals surface area contributed by atoms with E-state index >= 15 is 0 Å². The zero-order valence-corrected chi connectivity index (χ0v) is 15.1. The number of hydrogen-bond acceptors (Lipinski definition) is 5. The molecule has 134 valence electrons. The predicted molar refractivity (Wildman–Crippen MR) is 95.1 cm³/mol. The minimum absolute atomic E-state index is 0.00554. The number of amides is 1. The number of anilines is 1. The topological polar surface area (TPSA) is 113 Å². The van der Waals surface area contributed by atoms with Crippen molar-refractivity contribution in [2.24, 2.45) is 0 Å². The van der Waals surface area contributed by atoms with E-state index in [0.717, 1.165) is 16.9 Å². The van der Waals surface area contributed by atoms with Crippen molar-refractivity contribution in [2.45, 2.75) is 30.0 Å². The lowest BCUT2D eigenvalue weighted by Gasteiger charge is -2.14. The molecule has 2 aromatic rings. The van der Waals surface area contributed by atoms with Gasteiger partial charge in [0.05, 0.1) is 6.04 Å². The van der Waals surface area contributed by atoms with Gasteiger partial charge >= 0.3 is 5.97 Å². The van der Waals surface area contributed by atoms with Crippen LogP contribution in [-0.4, -0.2) is 31.4 Å².